The first-order valence-corrected chi connectivity index (χ1v) is 9.38. The van der Waals surface area contributed by atoms with Crippen LogP contribution in [-0.4, -0.2) is 61.3 Å². The maximum atomic E-state index is 5.76. The Morgan fingerprint density at radius 2 is 1.96 bits per heavy atom. The van der Waals surface area contributed by atoms with Gasteiger partial charge in [0.1, 0.15) is 0 Å². The second-order valence-electron chi connectivity index (χ2n) is 6.52. The van der Waals surface area contributed by atoms with Gasteiger partial charge in [-0.25, -0.2) is 4.31 Å². The highest BCUT2D eigenvalue weighted by Gasteiger charge is 2.42. The summed E-state index contributed by atoms with van der Waals surface area (Å²) < 4.78 is 13.6. The van der Waals surface area contributed by atoms with E-state index in [4.69, 9.17) is 9.47 Å². The third-order valence-electron chi connectivity index (χ3n) is 4.73. The Balaban J connectivity index is 1.58. The van der Waals surface area contributed by atoms with Crippen LogP contribution in [0.2, 0.25) is 0 Å². The van der Waals surface area contributed by atoms with Crippen molar-refractivity contribution in [3.8, 4) is 0 Å². The number of rotatable bonds is 7. The second kappa shape index (κ2) is 7.99. The van der Waals surface area contributed by atoms with Gasteiger partial charge in [0.25, 0.3) is 0 Å². The average Bonchev–Trinajstić information content (AvgIpc) is 2.55. The van der Waals surface area contributed by atoms with Crippen LogP contribution >= 0.6 is 11.9 Å². The zero-order valence-electron chi connectivity index (χ0n) is 14.3. The summed E-state index contributed by atoms with van der Waals surface area (Å²) in [5.41, 5.74) is 1.52. The molecular formula is C18H28N2O2S. The SMILES string of the molecule is CCCC1(OC)CN(Cc2ccccc2SN2CCOCC2)C1. The lowest BCUT2D eigenvalue weighted by molar-refractivity contribution is -0.132. The van der Waals surface area contributed by atoms with Gasteiger partial charge >= 0.3 is 0 Å². The molecule has 0 atom stereocenters. The van der Waals surface area contributed by atoms with E-state index in [2.05, 4.69) is 40.4 Å². The molecule has 1 aromatic rings. The van der Waals surface area contributed by atoms with E-state index in [0.717, 1.165) is 52.4 Å². The Bertz CT molecular complexity index is 500. The summed E-state index contributed by atoms with van der Waals surface area (Å²) in [6.07, 6.45) is 2.34. The van der Waals surface area contributed by atoms with Gasteiger partial charge in [-0.15, -0.1) is 0 Å². The van der Waals surface area contributed by atoms with Crippen molar-refractivity contribution in [2.24, 2.45) is 0 Å². The maximum absolute atomic E-state index is 5.76. The summed E-state index contributed by atoms with van der Waals surface area (Å²) in [7, 11) is 1.86. The van der Waals surface area contributed by atoms with Gasteiger partial charge in [0.05, 0.1) is 18.8 Å². The number of benzene rings is 1. The molecule has 0 aromatic heterocycles. The molecule has 23 heavy (non-hydrogen) atoms. The van der Waals surface area contributed by atoms with Gasteiger partial charge in [-0.3, -0.25) is 4.90 Å². The molecule has 2 aliphatic heterocycles. The van der Waals surface area contributed by atoms with Gasteiger partial charge in [0.2, 0.25) is 0 Å². The smallest absolute Gasteiger partial charge is 0.0931 e. The summed E-state index contributed by atoms with van der Waals surface area (Å²) in [6.45, 7) is 9.04. The number of methoxy groups -OCH3 is 1. The van der Waals surface area contributed by atoms with E-state index in [-0.39, 0.29) is 5.60 Å². The lowest BCUT2D eigenvalue weighted by atomic mass is 9.88. The maximum Gasteiger partial charge on any atom is 0.0931 e. The minimum atomic E-state index is 0.0983. The van der Waals surface area contributed by atoms with Crippen LogP contribution < -0.4 is 0 Å². The highest BCUT2D eigenvalue weighted by atomic mass is 32.2. The standard InChI is InChI=1S/C18H28N2O2S/c1-3-8-18(21-2)14-19(15-18)13-16-6-4-5-7-17(16)23-20-9-11-22-12-10-20/h4-7H,3,8-15H2,1-2H3. The van der Waals surface area contributed by atoms with Crippen molar-refractivity contribution < 1.29 is 9.47 Å². The molecule has 0 N–H and O–H groups in total. The minimum Gasteiger partial charge on any atom is -0.379 e. The highest BCUT2D eigenvalue weighted by molar-refractivity contribution is 7.97. The fraction of sp³-hybridized carbons (Fsp3) is 0.667. The normalized spacial score (nSPS) is 22.0. The monoisotopic (exact) mass is 336 g/mol. The van der Waals surface area contributed by atoms with E-state index in [1.807, 2.05) is 19.1 Å². The second-order valence-corrected chi connectivity index (χ2v) is 7.66. The third-order valence-corrected chi connectivity index (χ3v) is 5.94. The largest absolute Gasteiger partial charge is 0.379 e. The van der Waals surface area contributed by atoms with Crippen LogP contribution in [0.15, 0.2) is 29.2 Å². The number of hydrogen-bond donors (Lipinski definition) is 0. The van der Waals surface area contributed by atoms with Crippen molar-refractivity contribution in [3.05, 3.63) is 29.8 Å². The van der Waals surface area contributed by atoms with E-state index in [1.54, 1.807) is 0 Å². The summed E-state index contributed by atoms with van der Waals surface area (Å²) in [4.78, 5) is 3.87. The van der Waals surface area contributed by atoms with Crippen LogP contribution in [0.1, 0.15) is 25.3 Å². The first-order valence-electron chi connectivity index (χ1n) is 8.61. The third kappa shape index (κ3) is 4.28. The number of morpholine rings is 1. The molecule has 2 aliphatic rings. The molecule has 0 amide bonds. The summed E-state index contributed by atoms with van der Waals surface area (Å²) in [5.74, 6) is 0. The number of likely N-dealkylation sites (tertiary alicyclic amines) is 1. The lowest BCUT2D eigenvalue weighted by Crippen LogP contribution is -2.62. The molecule has 2 saturated heterocycles. The van der Waals surface area contributed by atoms with Crippen LogP contribution in [0.5, 0.6) is 0 Å². The van der Waals surface area contributed by atoms with Gasteiger partial charge < -0.3 is 9.47 Å². The van der Waals surface area contributed by atoms with E-state index < -0.39 is 0 Å². The van der Waals surface area contributed by atoms with Crippen LogP contribution in [0, 0.1) is 0 Å². The predicted molar refractivity (Wildman–Crippen MR) is 94.6 cm³/mol. The van der Waals surface area contributed by atoms with Crippen molar-refractivity contribution >= 4 is 11.9 Å². The number of ether oxygens (including phenoxy) is 2. The first kappa shape index (κ1) is 17.2. The van der Waals surface area contributed by atoms with Gasteiger partial charge in [-0.2, -0.15) is 0 Å². The Labute approximate surface area is 144 Å². The van der Waals surface area contributed by atoms with E-state index in [9.17, 15) is 0 Å². The van der Waals surface area contributed by atoms with E-state index in [0.29, 0.717) is 0 Å². The number of nitrogens with zero attached hydrogens (tertiary/aromatic N) is 2. The summed E-state index contributed by atoms with van der Waals surface area (Å²) in [5, 5.41) is 0. The van der Waals surface area contributed by atoms with Gasteiger partial charge in [-0.1, -0.05) is 31.5 Å². The topological polar surface area (TPSA) is 24.9 Å². The molecule has 1 aromatic carbocycles. The van der Waals surface area contributed by atoms with Gasteiger partial charge in [0, 0.05) is 44.7 Å². The van der Waals surface area contributed by atoms with Crippen molar-refractivity contribution in [1.29, 1.82) is 0 Å². The molecule has 0 spiro atoms. The molecule has 0 saturated carbocycles. The predicted octanol–water partition coefficient (Wildman–Crippen LogP) is 3.03. The molecule has 0 bridgehead atoms. The minimum absolute atomic E-state index is 0.0983. The molecular weight excluding hydrogens is 308 g/mol. The van der Waals surface area contributed by atoms with Crippen LogP contribution in [0.25, 0.3) is 0 Å². The molecule has 4 nitrogen and oxygen atoms in total. The molecule has 2 fully saturated rings. The van der Waals surface area contributed by atoms with Crippen molar-refractivity contribution in [1.82, 2.24) is 9.21 Å². The fourth-order valence-corrected chi connectivity index (χ4v) is 4.47. The molecule has 2 heterocycles. The van der Waals surface area contributed by atoms with E-state index >= 15 is 0 Å². The molecule has 0 radical (unpaired) electrons. The Hall–Kier alpha value is -0.590. The van der Waals surface area contributed by atoms with E-state index in [1.165, 1.54) is 16.9 Å². The van der Waals surface area contributed by atoms with Gasteiger partial charge in [0.15, 0.2) is 0 Å². The molecule has 5 heteroatoms. The lowest BCUT2D eigenvalue weighted by Gasteiger charge is -2.49. The molecule has 3 rings (SSSR count). The fourth-order valence-electron chi connectivity index (χ4n) is 3.47. The average molecular weight is 337 g/mol. The molecule has 0 unspecified atom stereocenters. The summed E-state index contributed by atoms with van der Waals surface area (Å²) >= 11 is 1.88. The zero-order valence-corrected chi connectivity index (χ0v) is 15.1. The summed E-state index contributed by atoms with van der Waals surface area (Å²) in [6, 6.07) is 8.79. The molecule has 0 aliphatic carbocycles. The van der Waals surface area contributed by atoms with Crippen LogP contribution in [0.4, 0.5) is 0 Å². The van der Waals surface area contributed by atoms with Crippen molar-refractivity contribution in [3.63, 3.8) is 0 Å². The first-order chi connectivity index (χ1) is 11.2. The quantitative estimate of drug-likeness (QED) is 0.713. The zero-order chi connectivity index (χ0) is 16.1. The Morgan fingerprint density at radius 1 is 1.22 bits per heavy atom. The Kier molecular flexibility index (Phi) is 5.99. The highest BCUT2D eigenvalue weighted by Crippen LogP contribution is 2.33. The van der Waals surface area contributed by atoms with Crippen molar-refractivity contribution in [2.45, 2.75) is 36.8 Å². The van der Waals surface area contributed by atoms with Crippen LogP contribution in [0.3, 0.4) is 0 Å². The molecule has 128 valence electrons. The van der Waals surface area contributed by atoms with Crippen LogP contribution in [-0.2, 0) is 16.0 Å². The Morgan fingerprint density at radius 3 is 2.65 bits per heavy atom. The van der Waals surface area contributed by atoms with Crippen molar-refractivity contribution in [2.75, 3.05) is 46.5 Å². The van der Waals surface area contributed by atoms with Gasteiger partial charge in [-0.05, 0) is 30.0 Å². The number of hydrogen-bond acceptors (Lipinski definition) is 5.